The van der Waals surface area contributed by atoms with Crippen molar-refractivity contribution in [1.29, 1.82) is 0 Å². The highest BCUT2D eigenvalue weighted by molar-refractivity contribution is 4.98. The van der Waals surface area contributed by atoms with Gasteiger partial charge in [0.15, 0.2) is 0 Å². The van der Waals surface area contributed by atoms with Crippen LogP contribution < -0.4 is 0 Å². The summed E-state index contributed by atoms with van der Waals surface area (Å²) in [7, 11) is 0. The standard InChI is InChI=1S/C25H50/c1-10-15-25(22(7)16-24(8,9)21(6)11-2)17-23(18-25)14-12-13-20(5)19(3)4/h19-23H,10-18H2,1-9H3. The van der Waals surface area contributed by atoms with Crippen LogP contribution in [0.2, 0.25) is 0 Å². The lowest BCUT2D eigenvalue weighted by atomic mass is 9.51. The Bertz CT molecular complexity index is 358. The van der Waals surface area contributed by atoms with Crippen molar-refractivity contribution >= 4 is 0 Å². The first kappa shape index (κ1) is 23.0. The van der Waals surface area contributed by atoms with Gasteiger partial charge >= 0.3 is 0 Å². The molecule has 0 nitrogen and oxygen atoms in total. The lowest BCUT2D eigenvalue weighted by molar-refractivity contribution is -0.0378. The Hall–Kier alpha value is 0. The van der Waals surface area contributed by atoms with Gasteiger partial charge < -0.3 is 0 Å². The largest absolute Gasteiger partial charge is 0.0654 e. The second-order valence-corrected chi connectivity index (χ2v) is 10.9. The van der Waals surface area contributed by atoms with E-state index in [-0.39, 0.29) is 0 Å². The minimum Gasteiger partial charge on any atom is -0.0654 e. The minimum absolute atomic E-state index is 0.493. The van der Waals surface area contributed by atoms with E-state index in [0.29, 0.717) is 10.8 Å². The Kier molecular flexibility index (Phi) is 9.03. The van der Waals surface area contributed by atoms with E-state index in [4.69, 9.17) is 0 Å². The van der Waals surface area contributed by atoms with Crippen molar-refractivity contribution in [2.45, 2.75) is 120 Å². The maximum atomic E-state index is 2.58. The van der Waals surface area contributed by atoms with Gasteiger partial charge in [0.1, 0.15) is 0 Å². The van der Waals surface area contributed by atoms with Gasteiger partial charge in [0.25, 0.3) is 0 Å². The second-order valence-electron chi connectivity index (χ2n) is 10.9. The molecule has 1 saturated carbocycles. The molecule has 3 unspecified atom stereocenters. The molecule has 0 spiro atoms. The fraction of sp³-hybridized carbons (Fsp3) is 1.00. The molecule has 1 fully saturated rings. The van der Waals surface area contributed by atoms with Gasteiger partial charge in [-0.1, -0.05) is 94.4 Å². The van der Waals surface area contributed by atoms with Crippen molar-refractivity contribution in [1.82, 2.24) is 0 Å². The third-order valence-electron chi connectivity index (χ3n) is 8.37. The maximum absolute atomic E-state index is 2.58. The Labute approximate surface area is 160 Å². The van der Waals surface area contributed by atoms with Gasteiger partial charge in [-0.05, 0) is 66.1 Å². The first-order valence-electron chi connectivity index (χ1n) is 11.6. The summed E-state index contributed by atoms with van der Waals surface area (Å²) >= 11 is 0. The van der Waals surface area contributed by atoms with Crippen molar-refractivity contribution < 1.29 is 0 Å². The van der Waals surface area contributed by atoms with E-state index in [1.54, 1.807) is 0 Å². The van der Waals surface area contributed by atoms with Crippen LogP contribution >= 0.6 is 0 Å². The second kappa shape index (κ2) is 9.80. The van der Waals surface area contributed by atoms with Crippen LogP contribution in [0.4, 0.5) is 0 Å². The third-order valence-corrected chi connectivity index (χ3v) is 8.37. The molecule has 0 saturated heterocycles. The first-order valence-corrected chi connectivity index (χ1v) is 11.6. The van der Waals surface area contributed by atoms with Crippen LogP contribution in [0.25, 0.3) is 0 Å². The van der Waals surface area contributed by atoms with E-state index in [0.717, 1.165) is 29.6 Å². The van der Waals surface area contributed by atoms with Gasteiger partial charge in [-0.2, -0.15) is 0 Å². The molecule has 1 aliphatic carbocycles. The summed E-state index contributed by atoms with van der Waals surface area (Å²) in [5.41, 5.74) is 1.17. The third kappa shape index (κ3) is 6.28. The molecule has 25 heavy (non-hydrogen) atoms. The van der Waals surface area contributed by atoms with E-state index in [1.807, 2.05) is 0 Å². The molecule has 0 heterocycles. The molecule has 0 radical (unpaired) electrons. The highest BCUT2D eigenvalue weighted by Gasteiger charge is 2.47. The molecule has 0 N–H and O–H groups in total. The SMILES string of the molecule is CCCC1(C(C)CC(C)(C)C(C)CC)CC(CCCC(C)C(C)C)C1. The molecule has 0 aromatic rings. The van der Waals surface area contributed by atoms with E-state index in [9.17, 15) is 0 Å². The summed E-state index contributed by atoms with van der Waals surface area (Å²) in [6.07, 6.45) is 13.0. The summed E-state index contributed by atoms with van der Waals surface area (Å²) in [6.45, 7) is 22.0. The maximum Gasteiger partial charge on any atom is -0.0266 e. The summed E-state index contributed by atoms with van der Waals surface area (Å²) < 4.78 is 0. The van der Waals surface area contributed by atoms with Crippen LogP contribution in [0, 0.1) is 40.4 Å². The molecule has 0 aliphatic heterocycles. The van der Waals surface area contributed by atoms with Crippen molar-refractivity contribution in [2.75, 3.05) is 0 Å². The van der Waals surface area contributed by atoms with Crippen LogP contribution in [0.5, 0.6) is 0 Å². The summed E-state index contributed by atoms with van der Waals surface area (Å²) in [5, 5.41) is 0. The minimum atomic E-state index is 0.493. The number of rotatable bonds is 12. The highest BCUT2D eigenvalue weighted by atomic mass is 14.5. The van der Waals surface area contributed by atoms with Gasteiger partial charge in [-0.15, -0.1) is 0 Å². The molecule has 0 heteroatoms. The zero-order valence-corrected chi connectivity index (χ0v) is 19.3. The summed E-state index contributed by atoms with van der Waals surface area (Å²) in [5.74, 6) is 4.50. The van der Waals surface area contributed by atoms with Crippen LogP contribution in [0.15, 0.2) is 0 Å². The Morgan fingerprint density at radius 2 is 1.60 bits per heavy atom. The Morgan fingerprint density at radius 1 is 1.00 bits per heavy atom. The Morgan fingerprint density at radius 3 is 2.08 bits per heavy atom. The van der Waals surface area contributed by atoms with Gasteiger partial charge in [0.2, 0.25) is 0 Å². The first-order chi connectivity index (χ1) is 11.6. The van der Waals surface area contributed by atoms with E-state index in [1.165, 1.54) is 57.8 Å². The highest BCUT2D eigenvalue weighted by Crippen LogP contribution is 2.58. The quantitative estimate of drug-likeness (QED) is 0.330. The van der Waals surface area contributed by atoms with E-state index < -0.39 is 0 Å². The molecule has 1 aliphatic rings. The molecule has 0 bridgehead atoms. The van der Waals surface area contributed by atoms with Gasteiger partial charge in [0.05, 0.1) is 0 Å². The lowest BCUT2D eigenvalue weighted by Gasteiger charge is -2.54. The van der Waals surface area contributed by atoms with Crippen molar-refractivity contribution in [2.24, 2.45) is 40.4 Å². The molecular formula is C25H50. The van der Waals surface area contributed by atoms with Crippen LogP contribution in [-0.4, -0.2) is 0 Å². The van der Waals surface area contributed by atoms with Crippen molar-refractivity contribution in [3.8, 4) is 0 Å². The zero-order valence-electron chi connectivity index (χ0n) is 19.3. The summed E-state index contributed by atoms with van der Waals surface area (Å²) in [4.78, 5) is 0. The van der Waals surface area contributed by atoms with Crippen LogP contribution in [-0.2, 0) is 0 Å². The normalized spacial score (nSPS) is 27.8. The zero-order chi connectivity index (χ0) is 19.3. The predicted octanol–water partition coefficient (Wildman–Crippen LogP) is 8.74. The molecule has 3 atom stereocenters. The monoisotopic (exact) mass is 350 g/mol. The number of hydrogen-bond acceptors (Lipinski definition) is 0. The van der Waals surface area contributed by atoms with E-state index >= 15 is 0 Å². The van der Waals surface area contributed by atoms with Crippen molar-refractivity contribution in [3.05, 3.63) is 0 Å². The number of hydrogen-bond donors (Lipinski definition) is 0. The van der Waals surface area contributed by atoms with Gasteiger partial charge in [-0.3, -0.25) is 0 Å². The smallest absolute Gasteiger partial charge is 0.0266 e. The molecule has 0 aromatic carbocycles. The van der Waals surface area contributed by atoms with Crippen molar-refractivity contribution in [3.63, 3.8) is 0 Å². The van der Waals surface area contributed by atoms with Gasteiger partial charge in [-0.25, -0.2) is 0 Å². The molecule has 0 amide bonds. The van der Waals surface area contributed by atoms with Crippen LogP contribution in [0.1, 0.15) is 120 Å². The molecular weight excluding hydrogens is 300 g/mol. The van der Waals surface area contributed by atoms with E-state index in [2.05, 4.69) is 62.3 Å². The fourth-order valence-electron chi connectivity index (χ4n) is 5.47. The average Bonchev–Trinajstić information content (AvgIpc) is 2.50. The molecule has 0 aromatic heterocycles. The topological polar surface area (TPSA) is 0 Å². The average molecular weight is 351 g/mol. The molecule has 150 valence electrons. The van der Waals surface area contributed by atoms with Gasteiger partial charge in [0, 0.05) is 0 Å². The summed E-state index contributed by atoms with van der Waals surface area (Å²) in [6, 6.07) is 0. The fourth-order valence-corrected chi connectivity index (χ4v) is 5.47. The predicted molar refractivity (Wildman–Crippen MR) is 115 cm³/mol. The Balaban J connectivity index is 2.52. The lowest BCUT2D eigenvalue weighted by Crippen LogP contribution is -2.44. The molecule has 1 rings (SSSR count). The van der Waals surface area contributed by atoms with Crippen LogP contribution in [0.3, 0.4) is 0 Å².